The number of likely N-dealkylation sites (tertiary alicyclic amines) is 1. The van der Waals surface area contributed by atoms with Gasteiger partial charge in [0.1, 0.15) is 0 Å². The summed E-state index contributed by atoms with van der Waals surface area (Å²) in [5, 5.41) is 2.67. The predicted octanol–water partition coefficient (Wildman–Crippen LogP) is 3.11. The zero-order valence-corrected chi connectivity index (χ0v) is 16.2. The lowest BCUT2D eigenvalue weighted by molar-refractivity contribution is -0.151. The molecule has 1 aliphatic carbocycles. The zero-order chi connectivity index (χ0) is 18.5. The van der Waals surface area contributed by atoms with Crippen LogP contribution in [0.5, 0.6) is 0 Å². The number of amides is 2. The second kappa shape index (κ2) is 8.66. The SMILES string of the molecule is O=C(COC(=O)[C@@H]1CC(=O)N(C2CCCCC2)C1)Nc1ccc(Br)cc1. The zero-order valence-electron chi connectivity index (χ0n) is 14.6. The Kier molecular flexibility index (Phi) is 6.29. The van der Waals surface area contributed by atoms with Crippen LogP contribution in [0.15, 0.2) is 28.7 Å². The topological polar surface area (TPSA) is 75.7 Å². The number of anilines is 1. The van der Waals surface area contributed by atoms with Crippen molar-refractivity contribution in [3.05, 3.63) is 28.7 Å². The Morgan fingerprint density at radius 2 is 1.85 bits per heavy atom. The Bertz CT molecular complexity index is 671. The minimum atomic E-state index is -0.470. The highest BCUT2D eigenvalue weighted by molar-refractivity contribution is 9.10. The average molecular weight is 423 g/mol. The molecule has 0 aromatic heterocycles. The van der Waals surface area contributed by atoms with E-state index in [9.17, 15) is 14.4 Å². The van der Waals surface area contributed by atoms with Gasteiger partial charge in [-0.2, -0.15) is 0 Å². The number of ether oxygens (including phenoxy) is 1. The van der Waals surface area contributed by atoms with Crippen LogP contribution in [0, 0.1) is 5.92 Å². The van der Waals surface area contributed by atoms with Crippen LogP contribution in [0.1, 0.15) is 38.5 Å². The Labute approximate surface area is 161 Å². The number of hydrogen-bond acceptors (Lipinski definition) is 4. The summed E-state index contributed by atoms with van der Waals surface area (Å²) < 4.78 is 6.04. The summed E-state index contributed by atoms with van der Waals surface area (Å²) in [5.74, 6) is -1.31. The summed E-state index contributed by atoms with van der Waals surface area (Å²) in [6.45, 7) is 0.0691. The molecule has 1 heterocycles. The van der Waals surface area contributed by atoms with E-state index in [0.29, 0.717) is 12.2 Å². The average Bonchev–Trinajstić information content (AvgIpc) is 3.04. The molecule has 1 saturated heterocycles. The molecule has 0 bridgehead atoms. The van der Waals surface area contributed by atoms with Gasteiger partial charge in [0.05, 0.1) is 5.92 Å². The van der Waals surface area contributed by atoms with Crippen molar-refractivity contribution in [1.82, 2.24) is 4.90 Å². The van der Waals surface area contributed by atoms with Crippen molar-refractivity contribution in [2.45, 2.75) is 44.6 Å². The summed E-state index contributed by atoms with van der Waals surface area (Å²) in [6, 6.07) is 7.38. The van der Waals surface area contributed by atoms with E-state index >= 15 is 0 Å². The molecular formula is C19H23BrN2O4. The summed E-state index contributed by atoms with van der Waals surface area (Å²) in [7, 11) is 0. The minimum Gasteiger partial charge on any atom is -0.455 e. The Morgan fingerprint density at radius 1 is 1.15 bits per heavy atom. The number of esters is 1. The molecule has 1 atom stereocenters. The maximum absolute atomic E-state index is 12.2. The normalized spacial score (nSPS) is 20.9. The lowest BCUT2D eigenvalue weighted by atomic mass is 9.94. The lowest BCUT2D eigenvalue weighted by Gasteiger charge is -2.31. The molecule has 6 nitrogen and oxygen atoms in total. The van der Waals surface area contributed by atoms with E-state index in [2.05, 4.69) is 21.2 Å². The lowest BCUT2D eigenvalue weighted by Crippen LogP contribution is -2.38. The first-order chi connectivity index (χ1) is 12.5. The van der Waals surface area contributed by atoms with E-state index in [0.717, 1.165) is 30.2 Å². The number of nitrogens with one attached hydrogen (secondary N) is 1. The fraction of sp³-hybridized carbons (Fsp3) is 0.526. The third-order valence-corrected chi connectivity index (χ3v) is 5.51. The number of rotatable bonds is 5. The number of carbonyl (C=O) groups is 3. The highest BCUT2D eigenvalue weighted by atomic mass is 79.9. The molecule has 0 radical (unpaired) electrons. The molecule has 0 spiro atoms. The molecule has 3 rings (SSSR count). The van der Waals surface area contributed by atoms with Crippen LogP contribution in [0.3, 0.4) is 0 Å². The number of hydrogen-bond donors (Lipinski definition) is 1. The van der Waals surface area contributed by atoms with Crippen molar-refractivity contribution in [3.63, 3.8) is 0 Å². The molecule has 140 valence electrons. The molecule has 0 unspecified atom stereocenters. The molecule has 2 aliphatic rings. The van der Waals surface area contributed by atoms with Gasteiger partial charge in [-0.1, -0.05) is 35.2 Å². The van der Waals surface area contributed by atoms with Gasteiger partial charge in [0, 0.05) is 29.2 Å². The van der Waals surface area contributed by atoms with Gasteiger partial charge in [-0.05, 0) is 37.1 Å². The van der Waals surface area contributed by atoms with Gasteiger partial charge in [0.2, 0.25) is 5.91 Å². The summed E-state index contributed by atoms with van der Waals surface area (Å²) >= 11 is 3.32. The van der Waals surface area contributed by atoms with Gasteiger partial charge < -0.3 is 15.0 Å². The van der Waals surface area contributed by atoms with Crippen LogP contribution >= 0.6 is 15.9 Å². The summed E-state index contributed by atoms with van der Waals surface area (Å²) in [6.07, 6.45) is 5.72. The third-order valence-electron chi connectivity index (χ3n) is 4.98. The summed E-state index contributed by atoms with van der Waals surface area (Å²) in [4.78, 5) is 38.2. The van der Waals surface area contributed by atoms with Crippen molar-refractivity contribution in [3.8, 4) is 0 Å². The number of carbonyl (C=O) groups excluding carboxylic acids is 3. The smallest absolute Gasteiger partial charge is 0.311 e. The van der Waals surface area contributed by atoms with Gasteiger partial charge in [0.25, 0.3) is 5.91 Å². The van der Waals surface area contributed by atoms with Crippen molar-refractivity contribution in [2.75, 3.05) is 18.5 Å². The van der Waals surface area contributed by atoms with Gasteiger partial charge in [-0.25, -0.2) is 0 Å². The van der Waals surface area contributed by atoms with E-state index in [1.54, 1.807) is 12.1 Å². The Morgan fingerprint density at radius 3 is 2.54 bits per heavy atom. The molecule has 1 aromatic rings. The van der Waals surface area contributed by atoms with Crippen LogP contribution in [0.4, 0.5) is 5.69 Å². The predicted molar refractivity (Wildman–Crippen MR) is 100 cm³/mol. The molecular weight excluding hydrogens is 400 g/mol. The van der Waals surface area contributed by atoms with Crippen molar-refractivity contribution in [2.24, 2.45) is 5.92 Å². The van der Waals surface area contributed by atoms with Gasteiger partial charge in [-0.3, -0.25) is 14.4 Å². The molecule has 1 saturated carbocycles. The molecule has 2 fully saturated rings. The first-order valence-electron chi connectivity index (χ1n) is 9.04. The van der Waals surface area contributed by atoms with E-state index < -0.39 is 17.8 Å². The molecule has 7 heteroatoms. The van der Waals surface area contributed by atoms with E-state index in [1.807, 2.05) is 17.0 Å². The monoisotopic (exact) mass is 422 g/mol. The van der Waals surface area contributed by atoms with Gasteiger partial charge in [0.15, 0.2) is 6.61 Å². The standard InChI is InChI=1S/C19H23BrN2O4/c20-14-6-8-15(9-7-14)21-17(23)12-26-19(25)13-10-18(24)22(11-13)16-4-2-1-3-5-16/h6-9,13,16H,1-5,10-12H2,(H,21,23)/t13-/m1/s1. The number of halogens is 1. The number of benzene rings is 1. The van der Waals surface area contributed by atoms with Crippen molar-refractivity contribution < 1.29 is 19.1 Å². The van der Waals surface area contributed by atoms with Crippen LogP contribution < -0.4 is 5.32 Å². The first-order valence-corrected chi connectivity index (χ1v) is 9.84. The molecule has 26 heavy (non-hydrogen) atoms. The molecule has 1 N–H and O–H groups in total. The van der Waals surface area contributed by atoms with Crippen LogP contribution in [-0.4, -0.2) is 41.9 Å². The Balaban J connectivity index is 1.45. The van der Waals surface area contributed by atoms with Crippen molar-refractivity contribution in [1.29, 1.82) is 0 Å². The van der Waals surface area contributed by atoms with E-state index in [4.69, 9.17) is 4.74 Å². The Hall–Kier alpha value is -1.89. The van der Waals surface area contributed by atoms with E-state index in [-0.39, 0.29) is 25.0 Å². The van der Waals surface area contributed by atoms with E-state index in [1.165, 1.54) is 6.42 Å². The highest BCUT2D eigenvalue weighted by Crippen LogP contribution is 2.29. The summed E-state index contributed by atoms with van der Waals surface area (Å²) in [5.41, 5.74) is 0.633. The van der Waals surface area contributed by atoms with Crippen LogP contribution in [-0.2, 0) is 19.1 Å². The second-order valence-electron chi connectivity index (χ2n) is 6.90. The highest BCUT2D eigenvalue weighted by Gasteiger charge is 2.39. The van der Waals surface area contributed by atoms with Crippen LogP contribution in [0.25, 0.3) is 0 Å². The second-order valence-corrected chi connectivity index (χ2v) is 7.82. The fourth-order valence-corrected chi connectivity index (χ4v) is 3.88. The number of nitrogens with zero attached hydrogens (tertiary/aromatic N) is 1. The fourth-order valence-electron chi connectivity index (χ4n) is 3.62. The molecule has 1 aliphatic heterocycles. The van der Waals surface area contributed by atoms with Crippen LogP contribution in [0.2, 0.25) is 0 Å². The quantitative estimate of drug-likeness (QED) is 0.739. The minimum absolute atomic E-state index is 0.0261. The van der Waals surface area contributed by atoms with Crippen molar-refractivity contribution >= 4 is 39.4 Å². The first kappa shape index (κ1) is 18.9. The maximum Gasteiger partial charge on any atom is 0.311 e. The molecule has 1 aromatic carbocycles. The largest absolute Gasteiger partial charge is 0.455 e. The molecule has 2 amide bonds. The maximum atomic E-state index is 12.2. The van der Waals surface area contributed by atoms with Gasteiger partial charge in [-0.15, -0.1) is 0 Å². The van der Waals surface area contributed by atoms with Gasteiger partial charge >= 0.3 is 5.97 Å². The third kappa shape index (κ3) is 4.84.